The molecule has 1 heteroatoms. The zero-order chi connectivity index (χ0) is 18.4. The van der Waals surface area contributed by atoms with E-state index in [1.54, 1.807) is 24.3 Å². The summed E-state index contributed by atoms with van der Waals surface area (Å²) >= 11 is 0. The van der Waals surface area contributed by atoms with Crippen molar-refractivity contribution in [3.8, 4) is 23.7 Å². The number of rotatable bonds is 4. The van der Waals surface area contributed by atoms with E-state index >= 15 is 0 Å². The van der Waals surface area contributed by atoms with Gasteiger partial charge in [0.25, 0.3) is 0 Å². The summed E-state index contributed by atoms with van der Waals surface area (Å²) < 4.78 is 0. The van der Waals surface area contributed by atoms with Crippen molar-refractivity contribution in [1.82, 2.24) is 0 Å². The Kier molecular flexibility index (Phi) is 6.44. The van der Waals surface area contributed by atoms with E-state index in [4.69, 9.17) is 0 Å². The molecule has 2 rings (SSSR count). The highest BCUT2D eigenvalue weighted by Crippen LogP contribution is 2.41. The first-order valence-electron chi connectivity index (χ1n) is 8.93. The van der Waals surface area contributed by atoms with Gasteiger partial charge in [-0.1, -0.05) is 75.7 Å². The van der Waals surface area contributed by atoms with Crippen LogP contribution in [0.15, 0.2) is 60.3 Å². The van der Waals surface area contributed by atoms with Gasteiger partial charge in [0.05, 0.1) is 0 Å². The molecule has 0 aromatic rings. The van der Waals surface area contributed by atoms with Gasteiger partial charge in [0, 0.05) is 17.8 Å². The van der Waals surface area contributed by atoms with Gasteiger partial charge in [0.15, 0.2) is 5.78 Å². The highest BCUT2D eigenvalue weighted by molar-refractivity contribution is 6.02. The second kappa shape index (κ2) is 8.55. The lowest BCUT2D eigenvalue weighted by molar-refractivity contribution is -0.110. The summed E-state index contributed by atoms with van der Waals surface area (Å²) in [5.41, 5.74) is 2.99. The SMILES string of the molecule is C=C1C=CC(=O)C=C1C1C(C(=C)CCC)C#C/C=C\C#CC(C)C1C. The molecule has 1 nitrogen and oxygen atoms in total. The molecule has 4 atom stereocenters. The number of hydrogen-bond acceptors (Lipinski definition) is 1. The molecule has 0 saturated carbocycles. The van der Waals surface area contributed by atoms with Gasteiger partial charge in [-0.15, -0.1) is 0 Å². The van der Waals surface area contributed by atoms with E-state index in [1.165, 1.54) is 0 Å². The average Bonchev–Trinajstić information content (AvgIpc) is 2.58. The van der Waals surface area contributed by atoms with Crippen molar-refractivity contribution < 1.29 is 4.79 Å². The van der Waals surface area contributed by atoms with Gasteiger partial charge >= 0.3 is 0 Å². The van der Waals surface area contributed by atoms with Crippen molar-refractivity contribution in [1.29, 1.82) is 0 Å². The lowest BCUT2D eigenvalue weighted by Crippen LogP contribution is -2.29. The van der Waals surface area contributed by atoms with Crippen LogP contribution in [0.3, 0.4) is 0 Å². The van der Waals surface area contributed by atoms with Crippen molar-refractivity contribution in [2.75, 3.05) is 0 Å². The average molecular weight is 330 g/mol. The van der Waals surface area contributed by atoms with E-state index in [1.807, 2.05) is 6.08 Å². The maximum atomic E-state index is 12.0. The maximum absolute atomic E-state index is 12.0. The largest absolute Gasteiger partial charge is 0.290 e. The first-order valence-corrected chi connectivity index (χ1v) is 8.93. The van der Waals surface area contributed by atoms with Crippen molar-refractivity contribution in [3.05, 3.63) is 60.3 Å². The first-order chi connectivity index (χ1) is 12.0. The monoisotopic (exact) mass is 330 g/mol. The minimum atomic E-state index is -0.00995. The highest BCUT2D eigenvalue weighted by Gasteiger charge is 2.34. The summed E-state index contributed by atoms with van der Waals surface area (Å²) in [7, 11) is 0. The molecular formula is C24H26O. The van der Waals surface area contributed by atoms with Gasteiger partial charge in [-0.25, -0.2) is 0 Å². The van der Waals surface area contributed by atoms with Crippen molar-refractivity contribution >= 4 is 5.78 Å². The molecule has 0 N–H and O–H groups in total. The summed E-state index contributed by atoms with van der Waals surface area (Å²) in [4.78, 5) is 12.0. The van der Waals surface area contributed by atoms with Crippen LogP contribution in [-0.4, -0.2) is 5.78 Å². The van der Waals surface area contributed by atoms with Gasteiger partial charge in [0.1, 0.15) is 0 Å². The molecule has 0 radical (unpaired) electrons. The Balaban J connectivity index is 2.58. The standard InChI is InChI=1S/C24H26O/c1-6-11-18(3)22-13-10-8-7-9-12-17(2)20(5)24(22)23-16-21(25)15-14-19(23)4/h7-8,14-17,20,22,24H,3-4,6,11H2,1-2,5H3/b8-7-. The zero-order valence-electron chi connectivity index (χ0n) is 15.4. The summed E-state index contributed by atoms with van der Waals surface area (Å²) in [5, 5.41) is 0. The van der Waals surface area contributed by atoms with Crippen LogP contribution in [0.25, 0.3) is 0 Å². The van der Waals surface area contributed by atoms with Crippen molar-refractivity contribution in [2.24, 2.45) is 23.7 Å². The quantitative estimate of drug-likeness (QED) is 0.521. The number of hydrogen-bond donors (Lipinski definition) is 0. The predicted molar refractivity (Wildman–Crippen MR) is 105 cm³/mol. The Morgan fingerprint density at radius 3 is 2.52 bits per heavy atom. The molecule has 0 amide bonds. The number of carbonyl (C=O) groups is 1. The molecule has 0 spiro atoms. The second-order valence-electron chi connectivity index (χ2n) is 6.83. The molecule has 2 aliphatic rings. The molecular weight excluding hydrogens is 304 g/mol. The van der Waals surface area contributed by atoms with Crippen LogP contribution in [0.1, 0.15) is 33.6 Å². The van der Waals surface area contributed by atoms with Crippen molar-refractivity contribution in [2.45, 2.75) is 33.6 Å². The fourth-order valence-electron chi connectivity index (χ4n) is 3.42. The summed E-state index contributed by atoms with van der Waals surface area (Å²) in [6.45, 7) is 15.0. The van der Waals surface area contributed by atoms with E-state index in [9.17, 15) is 4.79 Å². The molecule has 0 aliphatic heterocycles. The lowest BCUT2D eigenvalue weighted by Gasteiger charge is -2.35. The molecule has 2 aliphatic carbocycles. The van der Waals surface area contributed by atoms with Gasteiger partial charge in [0.2, 0.25) is 0 Å². The molecule has 0 saturated heterocycles. The van der Waals surface area contributed by atoms with Crippen LogP contribution in [0.5, 0.6) is 0 Å². The topological polar surface area (TPSA) is 17.1 Å². The van der Waals surface area contributed by atoms with Gasteiger partial charge in [-0.05, 0) is 47.8 Å². The van der Waals surface area contributed by atoms with Crippen LogP contribution in [-0.2, 0) is 4.79 Å². The fourth-order valence-corrected chi connectivity index (χ4v) is 3.42. The maximum Gasteiger partial charge on any atom is 0.178 e. The number of carbonyl (C=O) groups excluding carboxylic acids is 1. The summed E-state index contributed by atoms with van der Waals surface area (Å²) in [6.07, 6.45) is 10.7. The fraction of sp³-hybridized carbons (Fsp3) is 0.375. The third-order valence-electron chi connectivity index (χ3n) is 5.00. The number of allylic oxidation sites excluding steroid dienone is 8. The van der Waals surface area contributed by atoms with E-state index in [-0.39, 0.29) is 29.5 Å². The molecule has 0 heterocycles. The lowest BCUT2D eigenvalue weighted by atomic mass is 9.67. The summed E-state index contributed by atoms with van der Waals surface area (Å²) in [5.74, 6) is 13.3. The van der Waals surface area contributed by atoms with Crippen LogP contribution in [0.4, 0.5) is 0 Å². The van der Waals surface area contributed by atoms with Crippen LogP contribution >= 0.6 is 0 Å². The van der Waals surface area contributed by atoms with Gasteiger partial charge < -0.3 is 0 Å². The van der Waals surface area contributed by atoms with E-state index in [0.29, 0.717) is 0 Å². The van der Waals surface area contributed by atoms with E-state index < -0.39 is 0 Å². The van der Waals surface area contributed by atoms with Crippen LogP contribution in [0, 0.1) is 47.4 Å². The molecule has 4 unspecified atom stereocenters. The molecule has 0 bridgehead atoms. The van der Waals surface area contributed by atoms with E-state index in [2.05, 4.69) is 57.6 Å². The number of ketones is 1. The molecule has 0 aromatic carbocycles. The zero-order valence-corrected chi connectivity index (χ0v) is 15.4. The Hall–Kier alpha value is -2.51. The molecule has 0 aromatic heterocycles. The predicted octanol–water partition coefficient (Wildman–Crippen LogP) is 5.05. The molecule has 25 heavy (non-hydrogen) atoms. The Morgan fingerprint density at radius 1 is 1.16 bits per heavy atom. The Morgan fingerprint density at radius 2 is 1.84 bits per heavy atom. The first kappa shape index (κ1) is 18.8. The Bertz CT molecular complexity index is 779. The highest BCUT2D eigenvalue weighted by atomic mass is 16.1. The van der Waals surface area contributed by atoms with Gasteiger partial charge in [-0.2, -0.15) is 0 Å². The second-order valence-corrected chi connectivity index (χ2v) is 6.83. The van der Waals surface area contributed by atoms with Crippen LogP contribution < -0.4 is 0 Å². The minimum absolute atomic E-state index is 0.00995. The minimum Gasteiger partial charge on any atom is -0.290 e. The smallest absolute Gasteiger partial charge is 0.178 e. The van der Waals surface area contributed by atoms with Crippen molar-refractivity contribution in [3.63, 3.8) is 0 Å². The third kappa shape index (κ3) is 4.52. The normalized spacial score (nSPS) is 29.6. The summed E-state index contributed by atoms with van der Waals surface area (Å²) in [6, 6.07) is 0. The van der Waals surface area contributed by atoms with Gasteiger partial charge in [-0.3, -0.25) is 4.79 Å². The third-order valence-corrected chi connectivity index (χ3v) is 5.00. The Labute approximate surface area is 152 Å². The molecule has 128 valence electrons. The molecule has 0 fully saturated rings. The van der Waals surface area contributed by atoms with Crippen LogP contribution in [0.2, 0.25) is 0 Å². The van der Waals surface area contributed by atoms with E-state index in [0.717, 1.165) is 29.6 Å².